The summed E-state index contributed by atoms with van der Waals surface area (Å²) in [6, 6.07) is 8.84. The third kappa shape index (κ3) is 2.16. The van der Waals surface area contributed by atoms with Gasteiger partial charge >= 0.3 is 0 Å². The summed E-state index contributed by atoms with van der Waals surface area (Å²) in [6.07, 6.45) is 5.43. The van der Waals surface area contributed by atoms with Gasteiger partial charge in [-0.25, -0.2) is 4.98 Å². The van der Waals surface area contributed by atoms with Crippen LogP contribution in [0.3, 0.4) is 0 Å². The molecule has 18 heavy (non-hydrogen) atoms. The molecule has 0 unspecified atom stereocenters. The third-order valence-electron chi connectivity index (χ3n) is 3.41. The van der Waals surface area contributed by atoms with E-state index in [2.05, 4.69) is 29.3 Å². The number of aryl methyl sites for hydroxylation is 2. The molecule has 0 aliphatic heterocycles. The number of nitriles is 1. The van der Waals surface area contributed by atoms with Gasteiger partial charge in [0.2, 0.25) is 0 Å². The van der Waals surface area contributed by atoms with Crippen molar-refractivity contribution in [3.63, 3.8) is 0 Å². The highest BCUT2D eigenvalue weighted by atomic mass is 32.1. The van der Waals surface area contributed by atoms with Crippen LogP contribution in [0.25, 0.3) is 10.6 Å². The van der Waals surface area contributed by atoms with E-state index in [-0.39, 0.29) is 0 Å². The summed E-state index contributed by atoms with van der Waals surface area (Å²) in [5.74, 6) is 0. The zero-order valence-corrected chi connectivity index (χ0v) is 11.0. The van der Waals surface area contributed by atoms with Crippen LogP contribution in [-0.2, 0) is 19.3 Å². The first kappa shape index (κ1) is 11.4. The Morgan fingerprint density at radius 3 is 2.89 bits per heavy atom. The van der Waals surface area contributed by atoms with E-state index in [9.17, 15) is 0 Å². The van der Waals surface area contributed by atoms with E-state index in [1.54, 1.807) is 11.3 Å². The largest absolute Gasteiger partial charge is 0.240 e. The normalized spacial score (nSPS) is 13.9. The molecule has 90 valence electrons. The van der Waals surface area contributed by atoms with Crippen molar-refractivity contribution in [2.45, 2.75) is 32.1 Å². The Hall–Kier alpha value is -1.66. The van der Waals surface area contributed by atoms with E-state index >= 15 is 0 Å². The lowest BCUT2D eigenvalue weighted by Gasteiger charge is -2.15. The van der Waals surface area contributed by atoms with Crippen molar-refractivity contribution >= 4 is 11.3 Å². The average molecular weight is 254 g/mol. The maximum atomic E-state index is 8.67. The van der Waals surface area contributed by atoms with E-state index in [1.807, 2.05) is 5.38 Å². The highest BCUT2D eigenvalue weighted by molar-refractivity contribution is 7.13. The maximum Gasteiger partial charge on any atom is 0.123 e. The summed E-state index contributed by atoms with van der Waals surface area (Å²) in [4.78, 5) is 4.52. The lowest BCUT2D eigenvalue weighted by Crippen LogP contribution is -2.02. The van der Waals surface area contributed by atoms with Crippen LogP contribution in [0.5, 0.6) is 0 Å². The predicted octanol–water partition coefficient (Wildman–Crippen LogP) is 3.75. The zero-order chi connectivity index (χ0) is 12.4. The van der Waals surface area contributed by atoms with E-state index in [4.69, 9.17) is 5.26 Å². The smallest absolute Gasteiger partial charge is 0.123 e. The highest BCUT2D eigenvalue weighted by Crippen LogP contribution is 2.29. The minimum atomic E-state index is 0.404. The molecule has 0 atom stereocenters. The molecule has 1 aliphatic carbocycles. The Labute approximate surface area is 111 Å². The molecule has 0 amide bonds. The minimum absolute atomic E-state index is 0.404. The van der Waals surface area contributed by atoms with Crippen LogP contribution >= 0.6 is 11.3 Å². The fraction of sp³-hybridized carbons (Fsp3) is 0.333. The van der Waals surface area contributed by atoms with Gasteiger partial charge in [0.15, 0.2) is 0 Å². The van der Waals surface area contributed by atoms with E-state index in [0.29, 0.717) is 6.42 Å². The molecule has 0 bridgehead atoms. The van der Waals surface area contributed by atoms with Gasteiger partial charge in [-0.1, -0.05) is 12.1 Å². The molecular formula is C15H14N2S. The molecule has 3 heteroatoms. The predicted molar refractivity (Wildman–Crippen MR) is 73.5 cm³/mol. The first-order chi connectivity index (χ1) is 8.86. The van der Waals surface area contributed by atoms with E-state index < -0.39 is 0 Å². The van der Waals surface area contributed by atoms with Gasteiger partial charge in [-0.2, -0.15) is 5.26 Å². The van der Waals surface area contributed by atoms with Crippen molar-refractivity contribution in [2.24, 2.45) is 0 Å². The second kappa shape index (κ2) is 4.91. The number of nitrogens with zero attached hydrogens (tertiary/aromatic N) is 2. The lowest BCUT2D eigenvalue weighted by molar-refractivity contribution is 0.686. The van der Waals surface area contributed by atoms with Gasteiger partial charge in [-0.05, 0) is 42.9 Å². The molecule has 0 fully saturated rings. The molecule has 3 rings (SSSR count). The summed E-state index contributed by atoms with van der Waals surface area (Å²) in [7, 11) is 0. The number of aromatic nitrogens is 1. The van der Waals surface area contributed by atoms with Crippen molar-refractivity contribution in [1.29, 1.82) is 5.26 Å². The molecule has 0 saturated heterocycles. The van der Waals surface area contributed by atoms with E-state index in [0.717, 1.165) is 10.7 Å². The molecule has 1 aromatic heterocycles. The standard InChI is InChI=1S/C15H14N2S/c16-8-7-14-10-18-15(17-14)13-6-5-11-3-1-2-4-12(11)9-13/h5-6,9-10H,1-4,7H2. The first-order valence-electron chi connectivity index (χ1n) is 6.30. The molecule has 0 radical (unpaired) electrons. The minimum Gasteiger partial charge on any atom is -0.240 e. The monoisotopic (exact) mass is 254 g/mol. The fourth-order valence-electron chi connectivity index (χ4n) is 2.47. The zero-order valence-electron chi connectivity index (χ0n) is 10.1. The Bertz CT molecular complexity index is 607. The third-order valence-corrected chi connectivity index (χ3v) is 4.35. The van der Waals surface area contributed by atoms with Crippen molar-refractivity contribution in [3.05, 3.63) is 40.4 Å². The van der Waals surface area contributed by atoms with Crippen LogP contribution in [0.2, 0.25) is 0 Å². The molecule has 1 aromatic carbocycles. The van der Waals surface area contributed by atoms with E-state index in [1.165, 1.54) is 42.4 Å². The van der Waals surface area contributed by atoms with Crippen molar-refractivity contribution in [2.75, 3.05) is 0 Å². The summed E-state index contributed by atoms with van der Waals surface area (Å²) in [5.41, 5.74) is 5.06. The van der Waals surface area contributed by atoms with Crippen LogP contribution in [-0.4, -0.2) is 4.98 Å². The highest BCUT2D eigenvalue weighted by Gasteiger charge is 2.11. The second-order valence-corrected chi connectivity index (χ2v) is 5.53. The number of benzene rings is 1. The van der Waals surface area contributed by atoms with Crippen LogP contribution in [0.1, 0.15) is 29.7 Å². The number of hydrogen-bond donors (Lipinski definition) is 0. The first-order valence-corrected chi connectivity index (χ1v) is 7.18. The SMILES string of the molecule is N#CCc1csc(-c2ccc3c(c2)CCCC3)n1. The van der Waals surface area contributed by atoms with Crippen LogP contribution < -0.4 is 0 Å². The summed E-state index contributed by atoms with van der Waals surface area (Å²) in [5, 5.41) is 11.7. The van der Waals surface area contributed by atoms with Crippen molar-refractivity contribution in [1.82, 2.24) is 4.98 Å². The molecular weight excluding hydrogens is 240 g/mol. The van der Waals surface area contributed by atoms with Crippen LogP contribution in [0.15, 0.2) is 23.6 Å². The number of hydrogen-bond acceptors (Lipinski definition) is 3. The Morgan fingerprint density at radius 1 is 1.22 bits per heavy atom. The van der Waals surface area contributed by atoms with Gasteiger partial charge < -0.3 is 0 Å². The molecule has 2 aromatic rings. The topological polar surface area (TPSA) is 36.7 Å². The van der Waals surface area contributed by atoms with Gasteiger partial charge in [0.05, 0.1) is 18.2 Å². The maximum absolute atomic E-state index is 8.67. The number of thiazole rings is 1. The van der Waals surface area contributed by atoms with Crippen molar-refractivity contribution < 1.29 is 0 Å². The van der Waals surface area contributed by atoms with Crippen LogP contribution in [0, 0.1) is 11.3 Å². The summed E-state index contributed by atoms with van der Waals surface area (Å²) < 4.78 is 0. The van der Waals surface area contributed by atoms with Gasteiger partial charge in [0, 0.05) is 10.9 Å². The number of rotatable bonds is 2. The average Bonchev–Trinajstić information content (AvgIpc) is 2.87. The Balaban J connectivity index is 1.93. The quantitative estimate of drug-likeness (QED) is 0.818. The summed E-state index contributed by atoms with van der Waals surface area (Å²) >= 11 is 1.63. The molecule has 0 N–H and O–H groups in total. The van der Waals surface area contributed by atoms with Gasteiger partial charge in [-0.3, -0.25) is 0 Å². The summed E-state index contributed by atoms with van der Waals surface area (Å²) in [6.45, 7) is 0. The van der Waals surface area contributed by atoms with Gasteiger partial charge in [0.25, 0.3) is 0 Å². The molecule has 0 saturated carbocycles. The molecule has 0 spiro atoms. The molecule has 2 nitrogen and oxygen atoms in total. The Morgan fingerprint density at radius 2 is 2.06 bits per heavy atom. The second-order valence-electron chi connectivity index (χ2n) is 4.67. The lowest BCUT2D eigenvalue weighted by atomic mass is 9.90. The van der Waals surface area contributed by atoms with Crippen molar-refractivity contribution in [3.8, 4) is 16.6 Å². The molecule has 1 heterocycles. The van der Waals surface area contributed by atoms with Gasteiger partial charge in [0.1, 0.15) is 5.01 Å². The fourth-order valence-corrected chi connectivity index (χ4v) is 3.28. The molecule has 1 aliphatic rings. The Kier molecular flexibility index (Phi) is 3.12. The van der Waals surface area contributed by atoms with Crippen LogP contribution in [0.4, 0.5) is 0 Å². The number of fused-ring (bicyclic) bond motifs is 1. The van der Waals surface area contributed by atoms with Gasteiger partial charge in [-0.15, -0.1) is 11.3 Å².